The Kier molecular flexibility index (Phi) is 6.03. The van der Waals surface area contributed by atoms with Crippen molar-refractivity contribution in [2.75, 3.05) is 31.1 Å². The quantitative estimate of drug-likeness (QED) is 0.620. The molecule has 1 fully saturated rings. The zero-order valence-corrected chi connectivity index (χ0v) is 17.2. The van der Waals surface area contributed by atoms with Gasteiger partial charge in [-0.2, -0.15) is 0 Å². The first-order valence-electron chi connectivity index (χ1n) is 10.3. The number of rotatable bonds is 6. The Morgan fingerprint density at radius 1 is 0.933 bits per heavy atom. The van der Waals surface area contributed by atoms with Gasteiger partial charge in [0, 0.05) is 26.2 Å². The van der Waals surface area contributed by atoms with Crippen LogP contribution in [0.1, 0.15) is 31.3 Å². The summed E-state index contributed by atoms with van der Waals surface area (Å²) in [6.07, 6.45) is 0. The summed E-state index contributed by atoms with van der Waals surface area (Å²) in [7, 11) is 0. The fourth-order valence-electron chi connectivity index (χ4n) is 4.13. The monoisotopic (exact) mass is 412 g/mol. The Morgan fingerprint density at radius 3 is 2.30 bits per heavy atom. The topological polar surface area (TPSA) is 50.1 Å². The third-order valence-electron chi connectivity index (χ3n) is 5.60. The van der Waals surface area contributed by atoms with E-state index in [9.17, 15) is 8.78 Å². The number of benzene rings is 2. The van der Waals surface area contributed by atoms with Gasteiger partial charge in [0.2, 0.25) is 0 Å². The minimum atomic E-state index is -0.261. The lowest BCUT2D eigenvalue weighted by molar-refractivity contribution is 0.135. The maximum Gasteiger partial charge on any atom is 0.169 e. The smallest absolute Gasteiger partial charge is 0.169 e. The van der Waals surface area contributed by atoms with E-state index in [-0.39, 0.29) is 17.7 Å². The highest BCUT2D eigenvalue weighted by Crippen LogP contribution is 2.29. The highest BCUT2D eigenvalue weighted by atomic mass is 19.1. The average Bonchev–Trinajstić information content (AvgIpc) is 3.18. The summed E-state index contributed by atoms with van der Waals surface area (Å²) in [4.78, 5) is 4.46. The molecular formula is C22H26F2N6. The van der Waals surface area contributed by atoms with E-state index in [2.05, 4.69) is 39.2 Å². The van der Waals surface area contributed by atoms with Crippen LogP contribution in [0.3, 0.4) is 0 Å². The van der Waals surface area contributed by atoms with Crippen LogP contribution in [0.15, 0.2) is 48.5 Å². The summed E-state index contributed by atoms with van der Waals surface area (Å²) in [5.74, 6) is 0.648. The number of hydrogen-bond acceptors (Lipinski definition) is 5. The lowest BCUT2D eigenvalue weighted by Gasteiger charge is -2.41. The van der Waals surface area contributed by atoms with Crippen molar-refractivity contribution >= 4 is 5.69 Å². The minimum absolute atomic E-state index is 0.0446. The highest BCUT2D eigenvalue weighted by Gasteiger charge is 2.31. The summed E-state index contributed by atoms with van der Waals surface area (Å²) in [6, 6.07) is 13.3. The van der Waals surface area contributed by atoms with Gasteiger partial charge in [-0.15, -0.1) is 5.10 Å². The van der Waals surface area contributed by atoms with Crippen LogP contribution in [-0.4, -0.2) is 51.3 Å². The molecule has 1 atom stereocenters. The third kappa shape index (κ3) is 4.33. The molecule has 2 aromatic carbocycles. The molecule has 1 unspecified atom stereocenters. The molecule has 8 heteroatoms. The van der Waals surface area contributed by atoms with Crippen molar-refractivity contribution in [2.24, 2.45) is 5.92 Å². The van der Waals surface area contributed by atoms with E-state index in [4.69, 9.17) is 0 Å². The molecule has 2 heterocycles. The fourth-order valence-corrected chi connectivity index (χ4v) is 4.13. The van der Waals surface area contributed by atoms with E-state index in [1.807, 2.05) is 12.1 Å². The molecule has 0 saturated carbocycles. The van der Waals surface area contributed by atoms with E-state index in [1.165, 1.54) is 18.2 Å². The van der Waals surface area contributed by atoms with Crippen LogP contribution in [0.25, 0.3) is 0 Å². The number of nitrogens with zero attached hydrogens (tertiary/aromatic N) is 6. The summed E-state index contributed by atoms with van der Waals surface area (Å²) >= 11 is 0. The minimum Gasteiger partial charge on any atom is -0.367 e. The van der Waals surface area contributed by atoms with Gasteiger partial charge in [-0.3, -0.25) is 4.90 Å². The van der Waals surface area contributed by atoms with Crippen LogP contribution in [0.4, 0.5) is 14.5 Å². The van der Waals surface area contributed by atoms with Crippen molar-refractivity contribution in [1.82, 2.24) is 25.1 Å². The number of aromatic nitrogens is 4. The third-order valence-corrected chi connectivity index (χ3v) is 5.60. The maximum absolute atomic E-state index is 14.2. The predicted octanol–water partition coefficient (Wildman–Crippen LogP) is 3.52. The van der Waals surface area contributed by atoms with Crippen molar-refractivity contribution in [3.05, 3.63) is 71.6 Å². The molecule has 1 aromatic heterocycles. The van der Waals surface area contributed by atoms with Crippen molar-refractivity contribution < 1.29 is 8.78 Å². The van der Waals surface area contributed by atoms with E-state index < -0.39 is 0 Å². The molecule has 0 bridgehead atoms. The summed E-state index contributed by atoms with van der Waals surface area (Å²) in [5, 5.41) is 12.4. The second kappa shape index (κ2) is 8.87. The van der Waals surface area contributed by atoms with E-state index in [1.54, 1.807) is 22.9 Å². The van der Waals surface area contributed by atoms with Crippen LogP contribution in [0, 0.1) is 17.6 Å². The Balaban J connectivity index is 1.50. The number of para-hydroxylation sites is 1. The molecule has 3 aromatic rings. The van der Waals surface area contributed by atoms with Gasteiger partial charge in [0.15, 0.2) is 5.82 Å². The van der Waals surface area contributed by atoms with Gasteiger partial charge in [0.1, 0.15) is 11.6 Å². The predicted molar refractivity (Wildman–Crippen MR) is 111 cm³/mol. The van der Waals surface area contributed by atoms with E-state index in [0.29, 0.717) is 18.2 Å². The lowest BCUT2D eigenvalue weighted by Crippen LogP contribution is -2.49. The molecule has 0 aliphatic carbocycles. The van der Waals surface area contributed by atoms with Crippen LogP contribution in [-0.2, 0) is 6.54 Å². The van der Waals surface area contributed by atoms with Gasteiger partial charge < -0.3 is 4.90 Å². The van der Waals surface area contributed by atoms with Gasteiger partial charge in [-0.25, -0.2) is 13.5 Å². The average molecular weight is 412 g/mol. The Labute approximate surface area is 175 Å². The van der Waals surface area contributed by atoms with Gasteiger partial charge in [0.05, 0.1) is 18.3 Å². The molecule has 1 saturated heterocycles. The van der Waals surface area contributed by atoms with E-state index in [0.717, 1.165) is 37.6 Å². The first kappa shape index (κ1) is 20.4. The second-order valence-electron chi connectivity index (χ2n) is 7.98. The molecule has 6 nitrogen and oxygen atoms in total. The summed E-state index contributed by atoms with van der Waals surface area (Å²) in [6.45, 7) is 7.87. The van der Waals surface area contributed by atoms with E-state index >= 15 is 0 Å². The lowest BCUT2D eigenvalue weighted by atomic mass is 10.0. The van der Waals surface area contributed by atoms with Gasteiger partial charge in [0.25, 0.3) is 0 Å². The number of tetrazole rings is 1. The van der Waals surface area contributed by atoms with Crippen molar-refractivity contribution in [2.45, 2.75) is 26.4 Å². The molecule has 0 N–H and O–H groups in total. The summed E-state index contributed by atoms with van der Waals surface area (Å²) < 4.78 is 29.2. The van der Waals surface area contributed by atoms with Crippen molar-refractivity contribution in [3.63, 3.8) is 0 Å². The molecule has 1 aliphatic heterocycles. The van der Waals surface area contributed by atoms with Gasteiger partial charge in [-0.1, -0.05) is 38.1 Å². The Hall–Kier alpha value is -2.87. The van der Waals surface area contributed by atoms with Crippen LogP contribution in [0.2, 0.25) is 0 Å². The largest absolute Gasteiger partial charge is 0.367 e. The number of anilines is 1. The molecule has 158 valence electrons. The van der Waals surface area contributed by atoms with Crippen LogP contribution in [0.5, 0.6) is 0 Å². The molecular weight excluding hydrogens is 386 g/mol. The fraction of sp³-hybridized carbons (Fsp3) is 0.409. The molecule has 0 spiro atoms. The second-order valence-corrected chi connectivity index (χ2v) is 7.98. The maximum atomic E-state index is 14.2. The van der Waals surface area contributed by atoms with Crippen LogP contribution >= 0.6 is 0 Å². The highest BCUT2D eigenvalue weighted by molar-refractivity contribution is 5.48. The molecule has 4 rings (SSSR count). The number of halogens is 2. The zero-order chi connectivity index (χ0) is 21.1. The first-order chi connectivity index (χ1) is 14.5. The normalized spacial score (nSPS) is 16.2. The van der Waals surface area contributed by atoms with Gasteiger partial charge in [-0.05, 0) is 46.2 Å². The number of hydrogen-bond donors (Lipinski definition) is 0. The molecule has 1 aliphatic rings. The first-order valence-corrected chi connectivity index (χ1v) is 10.3. The molecule has 0 amide bonds. The van der Waals surface area contributed by atoms with Crippen LogP contribution < -0.4 is 4.90 Å². The standard InChI is InChI=1S/C22H26F2N6/c1-16(2)21(22-25-26-27-30(22)15-17-7-9-18(23)10-8-17)29-13-11-28(12-14-29)20-6-4-3-5-19(20)24/h3-10,16,21H,11-15H2,1-2H3. The number of piperazine rings is 1. The molecule has 30 heavy (non-hydrogen) atoms. The SMILES string of the molecule is CC(C)C(c1nnnn1Cc1ccc(F)cc1)N1CCN(c2ccccc2F)CC1. The zero-order valence-electron chi connectivity index (χ0n) is 17.2. The molecule has 0 radical (unpaired) electrons. The van der Waals surface area contributed by atoms with Gasteiger partial charge >= 0.3 is 0 Å². The Bertz CT molecular complexity index is 964. The Morgan fingerprint density at radius 2 is 1.63 bits per heavy atom. The van der Waals surface area contributed by atoms with Crippen molar-refractivity contribution in [1.29, 1.82) is 0 Å². The van der Waals surface area contributed by atoms with Crippen molar-refractivity contribution in [3.8, 4) is 0 Å². The summed E-state index contributed by atoms with van der Waals surface area (Å²) in [5.41, 5.74) is 1.59.